The molecule has 0 saturated carbocycles. The summed E-state index contributed by atoms with van der Waals surface area (Å²) in [6, 6.07) is 26.6. The Labute approximate surface area is 178 Å². The Balaban J connectivity index is 1.66. The van der Waals surface area contributed by atoms with Gasteiger partial charge in [-0.3, -0.25) is 15.6 Å². The topological polar surface area (TPSA) is 53.2 Å². The number of amides is 1. The van der Waals surface area contributed by atoms with E-state index >= 15 is 0 Å². The van der Waals surface area contributed by atoms with Crippen molar-refractivity contribution >= 4 is 52.3 Å². The second-order valence-electron chi connectivity index (χ2n) is 5.77. The van der Waals surface area contributed by atoms with Crippen LogP contribution in [0.2, 0.25) is 5.02 Å². The monoisotopic (exact) mass is 427 g/mol. The van der Waals surface area contributed by atoms with Crippen molar-refractivity contribution in [2.24, 2.45) is 0 Å². The summed E-state index contributed by atoms with van der Waals surface area (Å²) < 4.78 is 0. The van der Waals surface area contributed by atoms with Crippen LogP contribution in [0.4, 0.5) is 5.69 Å². The molecule has 0 spiro atoms. The zero-order valence-electron chi connectivity index (χ0n) is 14.8. The zero-order valence-corrected chi connectivity index (χ0v) is 17.2. The number of para-hydroxylation sites is 1. The largest absolute Gasteiger partial charge is 0.330 e. The highest BCUT2D eigenvalue weighted by Gasteiger charge is 2.22. The highest BCUT2D eigenvalue weighted by molar-refractivity contribution is 8.00. The summed E-state index contributed by atoms with van der Waals surface area (Å²) in [5.41, 5.74) is 6.99. The van der Waals surface area contributed by atoms with E-state index < -0.39 is 5.25 Å². The molecule has 0 heterocycles. The Hall–Kier alpha value is -2.54. The molecule has 3 rings (SSSR count). The zero-order chi connectivity index (χ0) is 19.8. The Morgan fingerprint density at radius 2 is 1.46 bits per heavy atom. The molecule has 1 amide bonds. The molecule has 0 aliphatic carbocycles. The SMILES string of the molecule is O=C(NNC(=S)Nc1ccccc1Cl)[C@@H](Sc1ccccc1)c1ccccc1. The molecule has 7 heteroatoms. The lowest BCUT2D eigenvalue weighted by Crippen LogP contribution is -2.45. The van der Waals surface area contributed by atoms with Gasteiger partial charge in [0.15, 0.2) is 5.11 Å². The van der Waals surface area contributed by atoms with Gasteiger partial charge in [0.25, 0.3) is 5.91 Å². The van der Waals surface area contributed by atoms with Crippen LogP contribution in [0.5, 0.6) is 0 Å². The van der Waals surface area contributed by atoms with E-state index in [1.165, 1.54) is 11.8 Å². The van der Waals surface area contributed by atoms with E-state index in [-0.39, 0.29) is 11.0 Å². The molecule has 0 aliphatic heterocycles. The van der Waals surface area contributed by atoms with Gasteiger partial charge in [-0.25, -0.2) is 0 Å². The molecule has 0 aliphatic rings. The van der Waals surface area contributed by atoms with Gasteiger partial charge in [0.1, 0.15) is 5.25 Å². The van der Waals surface area contributed by atoms with Crippen molar-refractivity contribution in [2.45, 2.75) is 10.1 Å². The molecular formula is C21H18ClN3OS2. The summed E-state index contributed by atoms with van der Waals surface area (Å²) >= 11 is 12.8. The highest BCUT2D eigenvalue weighted by atomic mass is 35.5. The molecule has 3 aromatic carbocycles. The van der Waals surface area contributed by atoms with E-state index in [0.717, 1.165) is 10.5 Å². The highest BCUT2D eigenvalue weighted by Crippen LogP contribution is 2.35. The first-order valence-corrected chi connectivity index (χ1v) is 10.2. The van der Waals surface area contributed by atoms with Crippen molar-refractivity contribution < 1.29 is 4.79 Å². The van der Waals surface area contributed by atoms with Gasteiger partial charge in [-0.05, 0) is 42.0 Å². The lowest BCUT2D eigenvalue weighted by Gasteiger charge is -2.18. The third-order valence-electron chi connectivity index (χ3n) is 3.76. The second-order valence-corrected chi connectivity index (χ2v) is 7.76. The quantitative estimate of drug-likeness (QED) is 0.297. The number of rotatable bonds is 5. The first-order valence-electron chi connectivity index (χ1n) is 8.51. The predicted octanol–water partition coefficient (Wildman–Crippen LogP) is 5.19. The van der Waals surface area contributed by atoms with Crippen molar-refractivity contribution in [3.8, 4) is 0 Å². The van der Waals surface area contributed by atoms with E-state index in [4.69, 9.17) is 23.8 Å². The van der Waals surface area contributed by atoms with Crippen molar-refractivity contribution in [1.82, 2.24) is 10.9 Å². The van der Waals surface area contributed by atoms with Crippen LogP contribution in [0.3, 0.4) is 0 Å². The Kier molecular flexibility index (Phi) is 7.31. The van der Waals surface area contributed by atoms with E-state index in [9.17, 15) is 4.79 Å². The van der Waals surface area contributed by atoms with Crippen molar-refractivity contribution in [3.63, 3.8) is 0 Å². The fraction of sp³-hybridized carbons (Fsp3) is 0.0476. The minimum atomic E-state index is -0.431. The van der Waals surface area contributed by atoms with Gasteiger partial charge in [0.05, 0.1) is 10.7 Å². The van der Waals surface area contributed by atoms with Gasteiger partial charge >= 0.3 is 0 Å². The molecule has 0 aromatic heterocycles. The molecule has 0 bridgehead atoms. The maximum Gasteiger partial charge on any atom is 0.256 e. The molecular weight excluding hydrogens is 410 g/mol. The average Bonchev–Trinajstić information content (AvgIpc) is 2.73. The normalized spacial score (nSPS) is 11.3. The maximum atomic E-state index is 12.9. The smallest absolute Gasteiger partial charge is 0.256 e. The van der Waals surface area contributed by atoms with Crippen molar-refractivity contribution in [3.05, 3.63) is 95.5 Å². The van der Waals surface area contributed by atoms with Gasteiger partial charge in [0.2, 0.25) is 0 Å². The van der Waals surface area contributed by atoms with E-state index in [2.05, 4.69) is 16.2 Å². The van der Waals surface area contributed by atoms with Crippen molar-refractivity contribution in [2.75, 3.05) is 5.32 Å². The number of benzene rings is 3. The minimum Gasteiger partial charge on any atom is -0.330 e. The molecule has 3 aromatic rings. The molecule has 0 unspecified atom stereocenters. The molecule has 1 atom stereocenters. The lowest BCUT2D eigenvalue weighted by molar-refractivity contribution is -0.121. The molecule has 3 N–H and O–H groups in total. The lowest BCUT2D eigenvalue weighted by atomic mass is 10.1. The molecule has 0 saturated heterocycles. The number of hydrogen-bond donors (Lipinski definition) is 3. The molecule has 0 radical (unpaired) electrons. The van der Waals surface area contributed by atoms with E-state index in [1.54, 1.807) is 12.1 Å². The number of hydrogen-bond acceptors (Lipinski definition) is 3. The van der Waals surface area contributed by atoms with Gasteiger partial charge in [-0.15, -0.1) is 11.8 Å². The first kappa shape index (κ1) is 20.2. The summed E-state index contributed by atoms with van der Waals surface area (Å²) in [4.78, 5) is 13.9. The van der Waals surface area contributed by atoms with Gasteiger partial charge in [0, 0.05) is 4.90 Å². The average molecular weight is 428 g/mol. The van der Waals surface area contributed by atoms with E-state index in [1.807, 2.05) is 72.8 Å². The number of thioether (sulfide) groups is 1. The van der Waals surface area contributed by atoms with Crippen molar-refractivity contribution in [1.29, 1.82) is 0 Å². The van der Waals surface area contributed by atoms with E-state index in [0.29, 0.717) is 10.7 Å². The van der Waals surface area contributed by atoms with Crippen LogP contribution in [0, 0.1) is 0 Å². The minimum absolute atomic E-state index is 0.205. The Morgan fingerprint density at radius 1 is 0.857 bits per heavy atom. The number of carbonyl (C=O) groups excluding carboxylic acids is 1. The van der Waals surface area contributed by atoms with Crippen LogP contribution in [-0.2, 0) is 4.79 Å². The number of carbonyl (C=O) groups is 1. The van der Waals surface area contributed by atoms with Crippen LogP contribution < -0.4 is 16.2 Å². The fourth-order valence-electron chi connectivity index (χ4n) is 2.44. The van der Waals surface area contributed by atoms with Crippen LogP contribution >= 0.6 is 35.6 Å². The standard InChI is InChI=1S/C21H18ClN3OS2/c22-17-13-7-8-14-18(17)23-21(27)25-24-20(26)19(15-9-3-1-4-10-15)28-16-11-5-2-6-12-16/h1-14,19H,(H,24,26)(H2,23,25,27)/t19-/m0/s1. The molecule has 4 nitrogen and oxygen atoms in total. The van der Waals surface area contributed by atoms with Gasteiger partial charge in [-0.2, -0.15) is 0 Å². The fourth-order valence-corrected chi connectivity index (χ4v) is 3.83. The molecule has 142 valence electrons. The van der Waals surface area contributed by atoms with Crippen LogP contribution in [0.25, 0.3) is 0 Å². The van der Waals surface area contributed by atoms with Crippen LogP contribution in [-0.4, -0.2) is 11.0 Å². The van der Waals surface area contributed by atoms with Gasteiger partial charge < -0.3 is 5.32 Å². The molecule has 28 heavy (non-hydrogen) atoms. The maximum absolute atomic E-state index is 12.9. The summed E-state index contributed by atoms with van der Waals surface area (Å²) in [5, 5.41) is 3.32. The van der Waals surface area contributed by atoms with Gasteiger partial charge in [-0.1, -0.05) is 72.3 Å². The predicted molar refractivity (Wildman–Crippen MR) is 120 cm³/mol. The molecule has 0 fully saturated rings. The Morgan fingerprint density at radius 3 is 2.14 bits per heavy atom. The summed E-state index contributed by atoms with van der Waals surface area (Å²) in [5.74, 6) is -0.205. The number of anilines is 1. The third kappa shape index (κ3) is 5.73. The number of nitrogens with one attached hydrogen (secondary N) is 3. The summed E-state index contributed by atoms with van der Waals surface area (Å²) in [7, 11) is 0. The Bertz CT molecular complexity index is 939. The summed E-state index contributed by atoms with van der Waals surface area (Å²) in [6.07, 6.45) is 0. The second kappa shape index (κ2) is 10.1. The van der Waals surface area contributed by atoms with Crippen LogP contribution in [0.15, 0.2) is 89.8 Å². The number of hydrazine groups is 1. The third-order valence-corrected chi connectivity index (χ3v) is 5.56. The number of halogens is 1. The number of thiocarbonyl (C=S) groups is 1. The summed E-state index contributed by atoms with van der Waals surface area (Å²) in [6.45, 7) is 0. The first-order chi connectivity index (χ1) is 13.6. The van der Waals surface area contributed by atoms with Crippen LogP contribution in [0.1, 0.15) is 10.8 Å².